The molecular weight excluding hydrogens is 358 g/mol. The summed E-state index contributed by atoms with van der Waals surface area (Å²) in [6, 6.07) is 6.36. The average Bonchev–Trinajstić information content (AvgIpc) is 2.86. The van der Waals surface area contributed by atoms with E-state index >= 15 is 0 Å². The zero-order chi connectivity index (χ0) is 18.8. The minimum absolute atomic E-state index is 0.0381. The molecule has 0 spiro atoms. The first-order chi connectivity index (χ1) is 11.5. The van der Waals surface area contributed by atoms with Crippen LogP contribution in [0.5, 0.6) is 0 Å². The minimum Gasteiger partial charge on any atom is -0.320 e. The number of amides is 1. The standard InChI is InChI=1S/C17H23N3O3S2/c1-6-14-18-11(2)15(24-14)16(21)19-12-9-7-8-10-13(12)25(22,23)20-17(3,4)5/h7-10,20H,6H2,1-5H3,(H,19,21). The van der Waals surface area contributed by atoms with Gasteiger partial charge in [-0.25, -0.2) is 18.1 Å². The van der Waals surface area contributed by atoms with Gasteiger partial charge in [-0.15, -0.1) is 11.3 Å². The predicted molar refractivity (Wildman–Crippen MR) is 101 cm³/mol. The maximum absolute atomic E-state index is 12.6. The molecule has 0 fully saturated rings. The third kappa shape index (κ3) is 4.87. The summed E-state index contributed by atoms with van der Waals surface area (Å²) in [5, 5.41) is 3.58. The second-order valence-corrected chi connectivity index (χ2v) is 9.42. The van der Waals surface area contributed by atoms with E-state index in [1.165, 1.54) is 17.4 Å². The second-order valence-electron chi connectivity index (χ2n) is 6.68. The Kier molecular flexibility index (Phi) is 5.65. The van der Waals surface area contributed by atoms with E-state index in [0.717, 1.165) is 11.4 Å². The number of aromatic nitrogens is 1. The molecule has 136 valence electrons. The van der Waals surface area contributed by atoms with Crippen molar-refractivity contribution in [3.05, 3.63) is 39.8 Å². The van der Waals surface area contributed by atoms with Gasteiger partial charge in [0.1, 0.15) is 9.77 Å². The molecule has 2 N–H and O–H groups in total. The number of hydrogen-bond donors (Lipinski definition) is 2. The molecule has 0 saturated carbocycles. The Balaban J connectivity index is 2.35. The van der Waals surface area contributed by atoms with Crippen LogP contribution in [0, 0.1) is 6.92 Å². The van der Waals surface area contributed by atoms with Crippen LogP contribution in [0.4, 0.5) is 5.69 Å². The maximum Gasteiger partial charge on any atom is 0.267 e. The van der Waals surface area contributed by atoms with E-state index in [4.69, 9.17) is 0 Å². The Morgan fingerprint density at radius 3 is 2.44 bits per heavy atom. The molecule has 1 aromatic heterocycles. The van der Waals surface area contributed by atoms with Gasteiger partial charge in [0, 0.05) is 5.54 Å². The molecule has 1 aromatic carbocycles. The van der Waals surface area contributed by atoms with Crippen LogP contribution >= 0.6 is 11.3 Å². The topological polar surface area (TPSA) is 88.2 Å². The molecule has 0 saturated heterocycles. The highest BCUT2D eigenvalue weighted by Crippen LogP contribution is 2.25. The van der Waals surface area contributed by atoms with Crippen LogP contribution in [-0.2, 0) is 16.4 Å². The molecule has 1 heterocycles. The van der Waals surface area contributed by atoms with Crippen molar-refractivity contribution in [2.24, 2.45) is 0 Å². The van der Waals surface area contributed by atoms with Gasteiger partial charge in [-0.2, -0.15) is 0 Å². The van der Waals surface area contributed by atoms with E-state index in [9.17, 15) is 13.2 Å². The summed E-state index contributed by atoms with van der Waals surface area (Å²) >= 11 is 1.32. The molecule has 1 amide bonds. The average molecular weight is 382 g/mol. The molecule has 2 aromatic rings. The molecule has 0 radical (unpaired) electrons. The number of nitrogens with zero attached hydrogens (tertiary/aromatic N) is 1. The number of para-hydroxylation sites is 1. The quantitative estimate of drug-likeness (QED) is 0.831. The van der Waals surface area contributed by atoms with Gasteiger partial charge in [0.05, 0.1) is 16.4 Å². The second kappa shape index (κ2) is 7.23. The minimum atomic E-state index is -3.76. The van der Waals surface area contributed by atoms with E-state index < -0.39 is 15.6 Å². The van der Waals surface area contributed by atoms with Gasteiger partial charge in [0.15, 0.2) is 0 Å². The number of benzene rings is 1. The van der Waals surface area contributed by atoms with Crippen molar-refractivity contribution in [1.29, 1.82) is 0 Å². The molecule has 0 aliphatic rings. The lowest BCUT2D eigenvalue weighted by molar-refractivity contribution is 0.102. The Labute approximate surface area is 152 Å². The fourth-order valence-electron chi connectivity index (χ4n) is 2.26. The molecular formula is C17H23N3O3S2. The Morgan fingerprint density at radius 2 is 1.88 bits per heavy atom. The number of hydrogen-bond acceptors (Lipinski definition) is 5. The van der Waals surface area contributed by atoms with Gasteiger partial charge in [-0.3, -0.25) is 4.79 Å². The zero-order valence-corrected chi connectivity index (χ0v) is 16.6. The van der Waals surface area contributed by atoms with Crippen molar-refractivity contribution >= 4 is 33.0 Å². The molecule has 6 nitrogen and oxygen atoms in total. The van der Waals surface area contributed by atoms with E-state index in [-0.39, 0.29) is 16.5 Å². The van der Waals surface area contributed by atoms with Crippen LogP contribution in [0.15, 0.2) is 29.2 Å². The van der Waals surface area contributed by atoms with Gasteiger partial charge < -0.3 is 5.32 Å². The number of anilines is 1. The lowest BCUT2D eigenvalue weighted by Crippen LogP contribution is -2.40. The van der Waals surface area contributed by atoms with E-state index in [0.29, 0.717) is 10.6 Å². The fraction of sp³-hybridized carbons (Fsp3) is 0.412. The molecule has 0 aliphatic carbocycles. The van der Waals surface area contributed by atoms with Gasteiger partial charge in [-0.05, 0) is 46.2 Å². The highest BCUT2D eigenvalue weighted by molar-refractivity contribution is 7.89. The third-order valence-electron chi connectivity index (χ3n) is 3.21. The predicted octanol–water partition coefficient (Wildman–Crippen LogP) is 3.34. The largest absolute Gasteiger partial charge is 0.320 e. The summed E-state index contributed by atoms with van der Waals surface area (Å²) in [5.74, 6) is -0.354. The smallest absolute Gasteiger partial charge is 0.267 e. The Bertz CT molecular complexity index is 881. The van der Waals surface area contributed by atoms with Crippen LogP contribution < -0.4 is 10.0 Å². The summed E-state index contributed by atoms with van der Waals surface area (Å²) < 4.78 is 27.9. The van der Waals surface area contributed by atoms with Crippen molar-refractivity contribution in [3.63, 3.8) is 0 Å². The van der Waals surface area contributed by atoms with Crippen LogP contribution in [0.3, 0.4) is 0 Å². The third-order valence-corrected chi connectivity index (χ3v) is 6.33. The van der Waals surface area contributed by atoms with Gasteiger partial charge >= 0.3 is 0 Å². The van der Waals surface area contributed by atoms with E-state index in [1.54, 1.807) is 45.9 Å². The van der Waals surface area contributed by atoms with Crippen LogP contribution in [0.2, 0.25) is 0 Å². The number of nitrogens with one attached hydrogen (secondary N) is 2. The van der Waals surface area contributed by atoms with Crippen LogP contribution in [0.1, 0.15) is 48.1 Å². The van der Waals surface area contributed by atoms with Crippen molar-refractivity contribution in [1.82, 2.24) is 9.71 Å². The van der Waals surface area contributed by atoms with Gasteiger partial charge in [-0.1, -0.05) is 19.1 Å². The Morgan fingerprint density at radius 1 is 1.24 bits per heavy atom. The summed E-state index contributed by atoms with van der Waals surface area (Å²) in [7, 11) is -3.76. The molecule has 0 bridgehead atoms. The van der Waals surface area contributed by atoms with Crippen LogP contribution in [-0.4, -0.2) is 24.8 Å². The highest BCUT2D eigenvalue weighted by Gasteiger charge is 2.25. The number of thiazole rings is 1. The lowest BCUT2D eigenvalue weighted by Gasteiger charge is -2.21. The first-order valence-corrected chi connectivity index (χ1v) is 10.2. The van der Waals surface area contributed by atoms with Gasteiger partial charge in [0.2, 0.25) is 10.0 Å². The van der Waals surface area contributed by atoms with Crippen molar-refractivity contribution < 1.29 is 13.2 Å². The maximum atomic E-state index is 12.6. The van der Waals surface area contributed by atoms with Crippen molar-refractivity contribution in [2.45, 2.75) is 51.5 Å². The lowest BCUT2D eigenvalue weighted by atomic mass is 10.1. The molecule has 25 heavy (non-hydrogen) atoms. The highest BCUT2D eigenvalue weighted by atomic mass is 32.2. The monoisotopic (exact) mass is 381 g/mol. The number of carbonyl (C=O) groups excluding carboxylic acids is 1. The molecule has 0 unspecified atom stereocenters. The van der Waals surface area contributed by atoms with Crippen molar-refractivity contribution in [2.75, 3.05) is 5.32 Å². The Hall–Kier alpha value is -1.77. The summed E-state index contributed by atoms with van der Waals surface area (Å²) in [6.45, 7) is 9.03. The molecule has 2 rings (SSSR count). The number of rotatable bonds is 5. The first-order valence-electron chi connectivity index (χ1n) is 7.94. The summed E-state index contributed by atoms with van der Waals surface area (Å²) in [5.41, 5.74) is 0.267. The van der Waals surface area contributed by atoms with E-state index in [2.05, 4.69) is 15.0 Å². The number of aryl methyl sites for hydroxylation is 2. The van der Waals surface area contributed by atoms with Gasteiger partial charge in [0.25, 0.3) is 5.91 Å². The summed E-state index contributed by atoms with van der Waals surface area (Å²) in [4.78, 5) is 17.4. The summed E-state index contributed by atoms with van der Waals surface area (Å²) in [6.07, 6.45) is 0.749. The SMILES string of the molecule is CCc1nc(C)c(C(=O)Nc2ccccc2S(=O)(=O)NC(C)(C)C)s1. The van der Waals surface area contributed by atoms with Crippen LogP contribution in [0.25, 0.3) is 0 Å². The molecule has 0 aliphatic heterocycles. The normalized spacial score (nSPS) is 12.2. The fourth-order valence-corrected chi connectivity index (χ4v) is 4.74. The molecule has 8 heteroatoms. The van der Waals surface area contributed by atoms with E-state index in [1.807, 2.05) is 6.92 Å². The number of carbonyl (C=O) groups is 1. The molecule has 0 atom stereocenters. The number of sulfonamides is 1. The zero-order valence-electron chi connectivity index (χ0n) is 15.0. The first kappa shape index (κ1) is 19.6. The van der Waals surface area contributed by atoms with Crippen molar-refractivity contribution in [3.8, 4) is 0 Å².